The molecule has 0 aromatic heterocycles. The number of hydrogen-bond acceptors (Lipinski definition) is 3. The zero-order chi connectivity index (χ0) is 16.8. The fourth-order valence-corrected chi connectivity index (χ4v) is 2.54. The number of carboxylic acid groups (broad SMARTS) is 1. The van der Waals surface area contributed by atoms with E-state index in [1.54, 1.807) is 6.07 Å². The minimum atomic E-state index is -1.12. The minimum Gasteiger partial charge on any atom is -0.465 e. The van der Waals surface area contributed by atoms with E-state index in [-0.39, 0.29) is 6.54 Å². The van der Waals surface area contributed by atoms with Crippen molar-refractivity contribution in [1.82, 2.24) is 5.32 Å². The minimum absolute atomic E-state index is 0.158. The van der Waals surface area contributed by atoms with E-state index < -0.39 is 14.2 Å². The van der Waals surface area contributed by atoms with Crippen LogP contribution in [-0.2, 0) is 11.4 Å². The topological polar surface area (TPSA) is 70.9 Å². The Kier molecular flexibility index (Phi) is 6.89. The zero-order valence-electron chi connectivity index (χ0n) is 13.4. The van der Waals surface area contributed by atoms with Crippen molar-refractivity contribution >= 4 is 31.5 Å². The fraction of sp³-hybridized carbons (Fsp3) is 0.467. The third kappa shape index (κ3) is 6.95. The van der Waals surface area contributed by atoms with E-state index >= 15 is 0 Å². The summed E-state index contributed by atoms with van der Waals surface area (Å²) >= 11 is 6.06. The highest BCUT2D eigenvalue weighted by Gasteiger charge is 2.12. The van der Waals surface area contributed by atoms with Gasteiger partial charge >= 0.3 is 6.09 Å². The van der Waals surface area contributed by atoms with Crippen molar-refractivity contribution in [3.63, 3.8) is 0 Å². The van der Waals surface area contributed by atoms with Gasteiger partial charge in [0, 0.05) is 19.6 Å². The molecule has 0 radical (unpaired) electrons. The van der Waals surface area contributed by atoms with E-state index in [2.05, 4.69) is 30.1 Å². The Morgan fingerprint density at radius 1 is 1.41 bits per heavy atom. The smallest absolute Gasteiger partial charge is 0.404 e. The number of halogens is 1. The molecule has 0 aliphatic carbocycles. The van der Waals surface area contributed by atoms with Crippen LogP contribution in [0.25, 0.3) is 0 Å². The molecule has 22 heavy (non-hydrogen) atoms. The SMILES string of the molecule is CC(=NOCC[Si](C)(C)C)c1ccc(Cl)c(CNC(=O)O)c1. The molecule has 0 saturated carbocycles. The van der Waals surface area contributed by atoms with Crippen LogP contribution in [-0.4, -0.2) is 31.6 Å². The van der Waals surface area contributed by atoms with Crippen molar-refractivity contribution in [3.8, 4) is 0 Å². The molecular weight excluding hydrogens is 320 g/mol. The van der Waals surface area contributed by atoms with E-state index in [1.807, 2.05) is 19.1 Å². The second-order valence-corrected chi connectivity index (χ2v) is 12.3. The van der Waals surface area contributed by atoms with Crippen molar-refractivity contribution in [2.24, 2.45) is 5.16 Å². The van der Waals surface area contributed by atoms with Gasteiger partial charge in [0.05, 0.1) is 5.71 Å². The van der Waals surface area contributed by atoms with E-state index in [4.69, 9.17) is 21.5 Å². The van der Waals surface area contributed by atoms with Gasteiger partial charge in [0.25, 0.3) is 0 Å². The average molecular weight is 343 g/mol. The summed E-state index contributed by atoms with van der Waals surface area (Å²) < 4.78 is 0. The molecule has 1 aromatic carbocycles. The summed E-state index contributed by atoms with van der Waals surface area (Å²) in [6, 6.07) is 6.45. The maximum atomic E-state index is 10.6. The second kappa shape index (κ2) is 8.19. The molecule has 0 unspecified atom stereocenters. The Labute approximate surface area is 137 Å². The van der Waals surface area contributed by atoms with Crippen LogP contribution in [0.3, 0.4) is 0 Å². The molecule has 5 nitrogen and oxygen atoms in total. The summed E-state index contributed by atoms with van der Waals surface area (Å²) in [5.41, 5.74) is 2.31. The molecule has 1 aromatic rings. The normalized spacial score (nSPS) is 12.1. The van der Waals surface area contributed by atoms with Gasteiger partial charge in [0.1, 0.15) is 6.61 Å². The predicted molar refractivity (Wildman–Crippen MR) is 92.6 cm³/mol. The molecule has 1 rings (SSSR count). The van der Waals surface area contributed by atoms with Gasteiger partial charge in [-0.2, -0.15) is 0 Å². The van der Waals surface area contributed by atoms with Crippen molar-refractivity contribution in [2.45, 2.75) is 39.2 Å². The number of benzene rings is 1. The summed E-state index contributed by atoms with van der Waals surface area (Å²) in [6.07, 6.45) is -1.08. The van der Waals surface area contributed by atoms with Gasteiger partial charge in [-0.25, -0.2) is 4.79 Å². The number of nitrogens with one attached hydrogen (secondary N) is 1. The summed E-state index contributed by atoms with van der Waals surface area (Å²) in [4.78, 5) is 15.9. The standard InChI is InChI=1S/C15H23ClN2O3Si/c1-11(18-21-7-8-22(2,3)4)12-5-6-14(16)13(9-12)10-17-15(19)20/h5-6,9,17H,7-8,10H2,1-4H3,(H,19,20). The Bertz CT molecular complexity index is 556. The number of amides is 1. The first-order valence-electron chi connectivity index (χ1n) is 7.11. The van der Waals surface area contributed by atoms with Crippen LogP contribution in [0.5, 0.6) is 0 Å². The molecule has 1 amide bonds. The number of nitrogens with zero attached hydrogens (tertiary/aromatic N) is 1. The van der Waals surface area contributed by atoms with Gasteiger partial charge < -0.3 is 15.3 Å². The molecule has 0 heterocycles. The molecule has 0 aliphatic heterocycles. The quantitative estimate of drug-likeness (QED) is 0.338. The average Bonchev–Trinajstić information content (AvgIpc) is 2.41. The highest BCUT2D eigenvalue weighted by atomic mass is 35.5. The summed E-state index contributed by atoms with van der Waals surface area (Å²) in [7, 11) is -1.12. The number of hydrogen-bond donors (Lipinski definition) is 2. The number of rotatable bonds is 7. The van der Waals surface area contributed by atoms with Crippen LogP contribution < -0.4 is 5.32 Å². The number of oxime groups is 1. The largest absolute Gasteiger partial charge is 0.465 e. The Hall–Kier alpha value is -1.53. The van der Waals surface area contributed by atoms with E-state index in [0.717, 1.165) is 17.3 Å². The first-order chi connectivity index (χ1) is 10.2. The first-order valence-corrected chi connectivity index (χ1v) is 11.2. The van der Waals surface area contributed by atoms with Crippen LogP contribution in [0.15, 0.2) is 23.4 Å². The summed E-state index contributed by atoms with van der Waals surface area (Å²) in [5, 5.41) is 15.6. The van der Waals surface area contributed by atoms with E-state index in [0.29, 0.717) is 17.2 Å². The van der Waals surface area contributed by atoms with Gasteiger partial charge in [-0.1, -0.05) is 42.5 Å². The molecule has 0 atom stereocenters. The molecule has 2 N–H and O–H groups in total. The lowest BCUT2D eigenvalue weighted by molar-refractivity contribution is 0.158. The van der Waals surface area contributed by atoms with Gasteiger partial charge in [-0.3, -0.25) is 0 Å². The van der Waals surface area contributed by atoms with Crippen LogP contribution in [0, 0.1) is 0 Å². The van der Waals surface area contributed by atoms with E-state index in [9.17, 15) is 4.79 Å². The molecule has 0 spiro atoms. The maximum absolute atomic E-state index is 10.6. The van der Waals surface area contributed by atoms with Gasteiger partial charge in [-0.15, -0.1) is 0 Å². The molecule has 0 bridgehead atoms. The molecule has 122 valence electrons. The van der Waals surface area contributed by atoms with Crippen LogP contribution in [0.2, 0.25) is 30.7 Å². The second-order valence-electron chi connectivity index (χ2n) is 6.29. The lowest BCUT2D eigenvalue weighted by Gasteiger charge is -2.14. The Morgan fingerprint density at radius 3 is 2.68 bits per heavy atom. The van der Waals surface area contributed by atoms with Crippen LogP contribution >= 0.6 is 11.6 Å². The first kappa shape index (κ1) is 18.5. The molecule has 0 aliphatic rings. The zero-order valence-corrected chi connectivity index (χ0v) is 15.2. The third-order valence-electron chi connectivity index (χ3n) is 3.04. The predicted octanol–water partition coefficient (Wildman–Crippen LogP) is 4.19. The Morgan fingerprint density at radius 2 is 2.09 bits per heavy atom. The maximum Gasteiger partial charge on any atom is 0.404 e. The van der Waals surface area contributed by atoms with Crippen LogP contribution in [0.1, 0.15) is 18.1 Å². The van der Waals surface area contributed by atoms with Crippen LogP contribution in [0.4, 0.5) is 4.79 Å². The van der Waals surface area contributed by atoms with E-state index in [1.165, 1.54) is 0 Å². The molecule has 0 saturated heterocycles. The molecular formula is C15H23ClN2O3Si. The lowest BCUT2D eigenvalue weighted by atomic mass is 10.1. The van der Waals surface area contributed by atoms with Crippen molar-refractivity contribution in [1.29, 1.82) is 0 Å². The van der Waals surface area contributed by atoms with Gasteiger partial charge in [0.15, 0.2) is 0 Å². The van der Waals surface area contributed by atoms with Crippen molar-refractivity contribution < 1.29 is 14.7 Å². The lowest BCUT2D eigenvalue weighted by Crippen LogP contribution is -2.21. The summed E-state index contributed by atoms with van der Waals surface area (Å²) in [5.74, 6) is 0. The number of carbonyl (C=O) groups is 1. The highest BCUT2D eigenvalue weighted by molar-refractivity contribution is 6.76. The summed E-state index contributed by atoms with van der Waals surface area (Å²) in [6.45, 7) is 9.49. The highest BCUT2D eigenvalue weighted by Crippen LogP contribution is 2.18. The van der Waals surface area contributed by atoms with Gasteiger partial charge in [-0.05, 0) is 36.2 Å². The third-order valence-corrected chi connectivity index (χ3v) is 5.11. The van der Waals surface area contributed by atoms with Gasteiger partial charge in [0.2, 0.25) is 0 Å². The fourth-order valence-electron chi connectivity index (χ4n) is 1.65. The molecule has 0 fully saturated rings. The monoisotopic (exact) mass is 342 g/mol. The van der Waals surface area contributed by atoms with Crippen molar-refractivity contribution in [2.75, 3.05) is 6.61 Å². The van der Waals surface area contributed by atoms with Crippen molar-refractivity contribution in [3.05, 3.63) is 34.3 Å². The Balaban J connectivity index is 2.70. The molecule has 7 heteroatoms.